The number of hydrogen-bond acceptors (Lipinski definition) is 5. The molecule has 0 fully saturated rings. The molecule has 0 aliphatic rings. The van der Waals surface area contributed by atoms with Gasteiger partial charge in [0.15, 0.2) is 5.75 Å². The third-order valence-corrected chi connectivity index (χ3v) is 3.46. The monoisotopic (exact) mass is 291 g/mol. The predicted molar refractivity (Wildman–Crippen MR) is 76.5 cm³/mol. The van der Waals surface area contributed by atoms with Gasteiger partial charge in [0.2, 0.25) is 0 Å². The summed E-state index contributed by atoms with van der Waals surface area (Å²) in [6.45, 7) is 2.14. The molecule has 20 heavy (non-hydrogen) atoms. The Morgan fingerprint density at radius 2 is 2.00 bits per heavy atom. The maximum atomic E-state index is 10.9. The van der Waals surface area contributed by atoms with Crippen molar-refractivity contribution in [3.05, 3.63) is 52.6 Å². The van der Waals surface area contributed by atoms with E-state index in [0.717, 1.165) is 9.79 Å². The van der Waals surface area contributed by atoms with Crippen LogP contribution in [0.1, 0.15) is 6.92 Å². The summed E-state index contributed by atoms with van der Waals surface area (Å²) < 4.78 is 5.30. The summed E-state index contributed by atoms with van der Waals surface area (Å²) in [6.07, 6.45) is 0. The van der Waals surface area contributed by atoms with Crippen LogP contribution in [0.25, 0.3) is 0 Å². The second-order valence-corrected chi connectivity index (χ2v) is 5.07. The molecule has 0 radical (unpaired) electrons. The Hall–Kier alpha value is -2.21. The van der Waals surface area contributed by atoms with E-state index in [1.807, 2.05) is 6.07 Å². The highest BCUT2D eigenvalue weighted by Crippen LogP contribution is 2.36. The van der Waals surface area contributed by atoms with Crippen molar-refractivity contribution >= 4 is 17.4 Å². The smallest absolute Gasteiger partial charge is 0.310 e. The van der Waals surface area contributed by atoms with Crippen LogP contribution in [0.3, 0.4) is 0 Å². The highest BCUT2D eigenvalue weighted by Gasteiger charge is 2.15. The van der Waals surface area contributed by atoms with Gasteiger partial charge in [0, 0.05) is 21.9 Å². The molecule has 2 aromatic rings. The van der Waals surface area contributed by atoms with E-state index in [1.54, 1.807) is 37.3 Å². The maximum absolute atomic E-state index is 10.9. The number of nitro benzene ring substituents is 1. The fraction of sp³-hybridized carbons (Fsp3) is 0.143. The van der Waals surface area contributed by atoms with Crippen molar-refractivity contribution in [2.45, 2.75) is 16.7 Å². The number of phenols is 1. The number of aromatic hydroxyl groups is 1. The lowest BCUT2D eigenvalue weighted by Gasteiger charge is -2.07. The van der Waals surface area contributed by atoms with Gasteiger partial charge in [-0.15, -0.1) is 0 Å². The van der Waals surface area contributed by atoms with Crippen LogP contribution in [0, 0.1) is 10.1 Å². The highest BCUT2D eigenvalue weighted by atomic mass is 32.2. The van der Waals surface area contributed by atoms with Crippen LogP contribution in [0.4, 0.5) is 5.69 Å². The largest absolute Gasteiger partial charge is 0.508 e. The van der Waals surface area contributed by atoms with Gasteiger partial charge >= 0.3 is 5.69 Å². The second kappa shape index (κ2) is 6.29. The van der Waals surface area contributed by atoms with Gasteiger partial charge in [0.1, 0.15) is 5.75 Å². The Balaban J connectivity index is 2.29. The van der Waals surface area contributed by atoms with Crippen LogP contribution < -0.4 is 4.74 Å². The zero-order valence-corrected chi connectivity index (χ0v) is 11.6. The topological polar surface area (TPSA) is 72.6 Å². The molecule has 0 aliphatic carbocycles. The number of rotatable bonds is 5. The minimum absolute atomic E-state index is 0.0490. The van der Waals surface area contributed by atoms with Crippen LogP contribution in [-0.4, -0.2) is 16.6 Å². The summed E-state index contributed by atoms with van der Waals surface area (Å²) >= 11 is 1.40. The molecule has 0 bridgehead atoms. The van der Waals surface area contributed by atoms with Crippen LogP contribution >= 0.6 is 11.8 Å². The third kappa shape index (κ3) is 3.42. The van der Waals surface area contributed by atoms with Crippen molar-refractivity contribution in [2.24, 2.45) is 0 Å². The standard InChI is InChI=1S/C14H13NO4S/c1-2-19-14-9-12(6-7-13(14)15(17)18)20-11-5-3-4-10(16)8-11/h3-9,16H,2H2,1H3. The molecular weight excluding hydrogens is 278 g/mol. The van der Waals surface area contributed by atoms with Crippen molar-refractivity contribution in [2.75, 3.05) is 6.61 Å². The molecule has 1 N–H and O–H groups in total. The molecule has 0 spiro atoms. The van der Waals surface area contributed by atoms with Crippen LogP contribution in [0.2, 0.25) is 0 Å². The Morgan fingerprint density at radius 3 is 2.65 bits per heavy atom. The fourth-order valence-electron chi connectivity index (χ4n) is 1.66. The van der Waals surface area contributed by atoms with E-state index < -0.39 is 4.92 Å². The van der Waals surface area contributed by atoms with Crippen molar-refractivity contribution in [1.29, 1.82) is 0 Å². The van der Waals surface area contributed by atoms with E-state index >= 15 is 0 Å². The fourth-order valence-corrected chi connectivity index (χ4v) is 2.56. The number of nitrogens with zero attached hydrogens (tertiary/aromatic N) is 1. The van der Waals surface area contributed by atoms with E-state index in [-0.39, 0.29) is 17.2 Å². The normalized spacial score (nSPS) is 10.2. The van der Waals surface area contributed by atoms with Gasteiger partial charge in [-0.25, -0.2) is 0 Å². The zero-order chi connectivity index (χ0) is 14.5. The Morgan fingerprint density at radius 1 is 1.25 bits per heavy atom. The molecule has 2 aromatic carbocycles. The molecular formula is C14H13NO4S. The van der Waals surface area contributed by atoms with Gasteiger partial charge in [-0.05, 0) is 31.2 Å². The summed E-state index contributed by atoms with van der Waals surface area (Å²) in [7, 11) is 0. The maximum Gasteiger partial charge on any atom is 0.310 e. The third-order valence-electron chi connectivity index (χ3n) is 2.48. The average Bonchev–Trinajstić information content (AvgIpc) is 2.39. The van der Waals surface area contributed by atoms with Gasteiger partial charge in [0.25, 0.3) is 0 Å². The van der Waals surface area contributed by atoms with Gasteiger partial charge in [-0.3, -0.25) is 10.1 Å². The van der Waals surface area contributed by atoms with Gasteiger partial charge < -0.3 is 9.84 Å². The molecule has 0 unspecified atom stereocenters. The first-order chi connectivity index (χ1) is 9.60. The quantitative estimate of drug-likeness (QED) is 0.669. The van der Waals surface area contributed by atoms with Crippen molar-refractivity contribution in [1.82, 2.24) is 0 Å². The summed E-state index contributed by atoms with van der Waals surface area (Å²) in [4.78, 5) is 12.1. The molecule has 0 saturated heterocycles. The number of nitro groups is 1. The molecule has 5 nitrogen and oxygen atoms in total. The first-order valence-corrected chi connectivity index (χ1v) is 6.80. The van der Waals surface area contributed by atoms with E-state index in [4.69, 9.17) is 4.74 Å². The van der Waals surface area contributed by atoms with Crippen LogP contribution in [0.15, 0.2) is 52.3 Å². The number of benzene rings is 2. The molecule has 0 aromatic heterocycles. The Labute approximate surface area is 120 Å². The molecule has 0 atom stereocenters. The predicted octanol–water partition coefficient (Wildman–Crippen LogP) is 3.85. The van der Waals surface area contributed by atoms with Gasteiger partial charge in [0.05, 0.1) is 11.5 Å². The van der Waals surface area contributed by atoms with Crippen molar-refractivity contribution < 1.29 is 14.8 Å². The number of hydrogen-bond donors (Lipinski definition) is 1. The molecule has 0 saturated carbocycles. The summed E-state index contributed by atoms with van der Waals surface area (Å²) in [6, 6.07) is 11.5. The Bertz CT molecular complexity index is 630. The number of ether oxygens (including phenoxy) is 1. The van der Waals surface area contributed by atoms with Crippen molar-refractivity contribution in [3.63, 3.8) is 0 Å². The minimum Gasteiger partial charge on any atom is -0.508 e. The second-order valence-electron chi connectivity index (χ2n) is 3.92. The molecule has 6 heteroatoms. The SMILES string of the molecule is CCOc1cc(Sc2cccc(O)c2)ccc1[N+](=O)[O-]. The van der Waals surface area contributed by atoms with Crippen LogP contribution in [-0.2, 0) is 0 Å². The molecule has 104 valence electrons. The Kier molecular flexibility index (Phi) is 4.47. The lowest BCUT2D eigenvalue weighted by Crippen LogP contribution is -1.97. The lowest BCUT2D eigenvalue weighted by molar-refractivity contribution is -0.385. The summed E-state index contributed by atoms with van der Waals surface area (Å²) in [5.74, 6) is 0.435. The van der Waals surface area contributed by atoms with Gasteiger partial charge in [-0.2, -0.15) is 0 Å². The average molecular weight is 291 g/mol. The van der Waals surface area contributed by atoms with E-state index in [9.17, 15) is 15.2 Å². The van der Waals surface area contributed by atoms with E-state index in [0.29, 0.717) is 6.61 Å². The highest BCUT2D eigenvalue weighted by molar-refractivity contribution is 7.99. The van der Waals surface area contributed by atoms with Crippen LogP contribution in [0.5, 0.6) is 11.5 Å². The summed E-state index contributed by atoms with van der Waals surface area (Å²) in [5.41, 5.74) is -0.0490. The van der Waals surface area contributed by atoms with E-state index in [2.05, 4.69) is 0 Å². The molecule has 2 rings (SSSR count). The summed E-state index contributed by atoms with van der Waals surface area (Å²) in [5, 5.41) is 20.3. The molecule has 0 aliphatic heterocycles. The minimum atomic E-state index is -0.464. The number of phenolic OH excluding ortho intramolecular Hbond substituents is 1. The first-order valence-electron chi connectivity index (χ1n) is 5.98. The molecule has 0 amide bonds. The molecule has 0 heterocycles. The van der Waals surface area contributed by atoms with Gasteiger partial charge in [-0.1, -0.05) is 17.8 Å². The lowest BCUT2D eigenvalue weighted by atomic mass is 10.3. The van der Waals surface area contributed by atoms with Crippen molar-refractivity contribution in [3.8, 4) is 11.5 Å². The zero-order valence-electron chi connectivity index (χ0n) is 10.8. The van der Waals surface area contributed by atoms with E-state index in [1.165, 1.54) is 17.8 Å². The first kappa shape index (κ1) is 14.2.